The quantitative estimate of drug-likeness (QED) is 0.677. The highest BCUT2D eigenvalue weighted by Gasteiger charge is 1.98. The summed E-state index contributed by atoms with van der Waals surface area (Å²) in [5.41, 5.74) is 0. The van der Waals surface area contributed by atoms with Crippen molar-refractivity contribution in [2.45, 2.75) is 13.0 Å². The first-order valence-electron chi connectivity index (χ1n) is 6.87. The highest BCUT2D eigenvalue weighted by atomic mass is 16.5. The highest BCUT2D eigenvalue weighted by molar-refractivity contribution is 5.81. The summed E-state index contributed by atoms with van der Waals surface area (Å²) in [5.74, 6) is 1.23. The van der Waals surface area contributed by atoms with Gasteiger partial charge in [-0.05, 0) is 31.2 Å². The van der Waals surface area contributed by atoms with Crippen LogP contribution in [0, 0.1) is 0 Å². The molecule has 1 atom stereocenters. The fraction of sp³-hybridized carbons (Fsp3) is 0.167. The number of carbonyl (C=O) groups excluding carboxylic acids is 1. The van der Waals surface area contributed by atoms with E-state index >= 15 is 0 Å². The Balaban J connectivity index is 0.000000239. The van der Waals surface area contributed by atoms with Crippen LogP contribution in [0.15, 0.2) is 73.3 Å². The molecule has 0 aliphatic carbocycles. The summed E-state index contributed by atoms with van der Waals surface area (Å²) in [5, 5.41) is 8.59. The van der Waals surface area contributed by atoms with E-state index in [0.29, 0.717) is 0 Å². The van der Waals surface area contributed by atoms with Gasteiger partial charge in [0.25, 0.3) is 0 Å². The number of carbonyl (C=O) groups is 1. The minimum absolute atomic E-state index is 0.0326. The first-order valence-corrected chi connectivity index (χ1v) is 6.87. The Kier molecular flexibility index (Phi) is 8.08. The van der Waals surface area contributed by atoms with Gasteiger partial charge in [-0.1, -0.05) is 43.0 Å². The number of ether oxygens (including phenoxy) is 2. The molecule has 2 rings (SSSR count). The summed E-state index contributed by atoms with van der Waals surface area (Å²) in [4.78, 5) is 10.3. The molecule has 0 saturated heterocycles. The van der Waals surface area contributed by atoms with Gasteiger partial charge in [-0.2, -0.15) is 0 Å². The van der Waals surface area contributed by atoms with Crippen LogP contribution < -0.4 is 4.74 Å². The molecule has 0 spiro atoms. The van der Waals surface area contributed by atoms with Crippen LogP contribution >= 0.6 is 0 Å². The zero-order chi connectivity index (χ0) is 16.2. The van der Waals surface area contributed by atoms with Gasteiger partial charge in [0.15, 0.2) is 0 Å². The number of hydrogen-bond acceptors (Lipinski definition) is 4. The monoisotopic (exact) mass is 300 g/mol. The molecule has 4 heteroatoms. The molecule has 0 fully saturated rings. The SMILES string of the molecule is C=CC(=O)OCC(C)O.c1ccc(Oc2ccccc2)cc1. The van der Waals surface area contributed by atoms with Crippen LogP contribution in [0.25, 0.3) is 0 Å². The van der Waals surface area contributed by atoms with E-state index in [1.54, 1.807) is 0 Å². The topological polar surface area (TPSA) is 55.8 Å². The summed E-state index contributed by atoms with van der Waals surface area (Å²) >= 11 is 0. The second-order valence-corrected chi connectivity index (χ2v) is 4.41. The summed E-state index contributed by atoms with van der Waals surface area (Å²) in [7, 11) is 0. The lowest BCUT2D eigenvalue weighted by Crippen LogP contribution is -2.13. The van der Waals surface area contributed by atoms with Crippen LogP contribution in [0.3, 0.4) is 0 Å². The molecule has 0 radical (unpaired) electrons. The van der Waals surface area contributed by atoms with Crippen molar-refractivity contribution < 1.29 is 19.4 Å². The standard InChI is InChI=1S/C12H10O.C6H10O3/c1-3-7-11(8-4-1)13-12-9-5-2-6-10-12;1-3-6(8)9-4-5(2)7/h1-10H;3,5,7H,1,4H2,2H3. The number of hydrogen-bond donors (Lipinski definition) is 1. The van der Waals surface area contributed by atoms with Crippen molar-refractivity contribution in [3.63, 3.8) is 0 Å². The lowest BCUT2D eigenvalue weighted by molar-refractivity contribution is -0.140. The fourth-order valence-corrected chi connectivity index (χ4v) is 1.37. The van der Waals surface area contributed by atoms with Crippen molar-refractivity contribution in [2.24, 2.45) is 0 Å². The largest absolute Gasteiger partial charge is 0.460 e. The van der Waals surface area contributed by atoms with E-state index in [9.17, 15) is 4.79 Å². The molecule has 2 aromatic carbocycles. The van der Waals surface area contributed by atoms with E-state index in [2.05, 4.69) is 11.3 Å². The zero-order valence-electron chi connectivity index (χ0n) is 12.5. The first kappa shape index (κ1) is 17.5. The predicted molar refractivity (Wildman–Crippen MR) is 85.8 cm³/mol. The number of benzene rings is 2. The Morgan fingerprint density at radius 1 is 1.09 bits per heavy atom. The molecule has 0 bridgehead atoms. The van der Waals surface area contributed by atoms with Crippen molar-refractivity contribution in [3.05, 3.63) is 73.3 Å². The molecular weight excluding hydrogens is 280 g/mol. The minimum Gasteiger partial charge on any atom is -0.460 e. The maximum Gasteiger partial charge on any atom is 0.330 e. The van der Waals surface area contributed by atoms with E-state index in [4.69, 9.17) is 9.84 Å². The molecule has 0 aliphatic heterocycles. The molecule has 0 amide bonds. The lowest BCUT2D eigenvalue weighted by atomic mass is 10.3. The average molecular weight is 300 g/mol. The van der Waals surface area contributed by atoms with Crippen molar-refractivity contribution >= 4 is 5.97 Å². The molecular formula is C18H20O4. The molecule has 116 valence electrons. The van der Waals surface area contributed by atoms with Crippen molar-refractivity contribution in [3.8, 4) is 11.5 Å². The van der Waals surface area contributed by atoms with Gasteiger partial charge in [0, 0.05) is 6.08 Å². The Hall–Kier alpha value is -2.59. The van der Waals surface area contributed by atoms with Gasteiger partial charge in [0.05, 0.1) is 6.10 Å². The average Bonchev–Trinajstić information content (AvgIpc) is 2.55. The van der Waals surface area contributed by atoms with Gasteiger partial charge in [0.2, 0.25) is 0 Å². The molecule has 1 unspecified atom stereocenters. The number of aliphatic hydroxyl groups excluding tert-OH is 1. The predicted octanol–water partition coefficient (Wildman–Crippen LogP) is 3.58. The summed E-state index contributed by atoms with van der Waals surface area (Å²) in [6, 6.07) is 19.5. The van der Waals surface area contributed by atoms with Crippen LogP contribution in [0.2, 0.25) is 0 Å². The van der Waals surface area contributed by atoms with Gasteiger partial charge >= 0.3 is 5.97 Å². The van der Waals surface area contributed by atoms with E-state index in [-0.39, 0.29) is 6.61 Å². The van der Waals surface area contributed by atoms with E-state index in [1.807, 2.05) is 60.7 Å². The van der Waals surface area contributed by atoms with Crippen molar-refractivity contribution in [2.75, 3.05) is 6.61 Å². The fourth-order valence-electron chi connectivity index (χ4n) is 1.37. The summed E-state index contributed by atoms with van der Waals surface area (Å²) < 4.78 is 10.0. The van der Waals surface area contributed by atoms with Crippen LogP contribution in [-0.2, 0) is 9.53 Å². The number of esters is 1. The molecule has 22 heavy (non-hydrogen) atoms. The van der Waals surface area contributed by atoms with E-state index < -0.39 is 12.1 Å². The number of aliphatic hydroxyl groups is 1. The molecule has 0 aromatic heterocycles. The Morgan fingerprint density at radius 2 is 1.55 bits per heavy atom. The Morgan fingerprint density at radius 3 is 1.91 bits per heavy atom. The van der Waals surface area contributed by atoms with Crippen LogP contribution in [0.4, 0.5) is 0 Å². The van der Waals surface area contributed by atoms with Crippen molar-refractivity contribution in [1.29, 1.82) is 0 Å². The summed E-state index contributed by atoms with van der Waals surface area (Å²) in [6.07, 6.45) is 0.455. The second kappa shape index (κ2) is 10.2. The van der Waals surface area contributed by atoms with Gasteiger partial charge in [0.1, 0.15) is 18.1 Å². The zero-order valence-corrected chi connectivity index (χ0v) is 12.5. The summed E-state index contributed by atoms with van der Waals surface area (Å²) in [6.45, 7) is 4.75. The van der Waals surface area contributed by atoms with Gasteiger partial charge in [-0.15, -0.1) is 0 Å². The van der Waals surface area contributed by atoms with Crippen LogP contribution in [-0.4, -0.2) is 23.8 Å². The van der Waals surface area contributed by atoms with Crippen LogP contribution in [0.5, 0.6) is 11.5 Å². The molecule has 4 nitrogen and oxygen atoms in total. The molecule has 0 saturated carbocycles. The van der Waals surface area contributed by atoms with E-state index in [0.717, 1.165) is 17.6 Å². The van der Waals surface area contributed by atoms with E-state index in [1.165, 1.54) is 6.92 Å². The van der Waals surface area contributed by atoms with Crippen molar-refractivity contribution in [1.82, 2.24) is 0 Å². The molecule has 2 aromatic rings. The third-order valence-corrected chi connectivity index (χ3v) is 2.36. The van der Waals surface area contributed by atoms with Gasteiger partial charge < -0.3 is 14.6 Å². The number of para-hydroxylation sites is 2. The Labute approximate surface area is 130 Å². The smallest absolute Gasteiger partial charge is 0.330 e. The lowest BCUT2D eigenvalue weighted by Gasteiger charge is -2.03. The minimum atomic E-state index is -0.603. The van der Waals surface area contributed by atoms with Gasteiger partial charge in [-0.3, -0.25) is 0 Å². The maximum absolute atomic E-state index is 10.3. The molecule has 0 heterocycles. The first-order chi connectivity index (χ1) is 10.6. The Bertz CT molecular complexity index is 512. The maximum atomic E-state index is 10.3. The third kappa shape index (κ3) is 7.87. The third-order valence-electron chi connectivity index (χ3n) is 2.36. The van der Waals surface area contributed by atoms with Crippen LogP contribution in [0.1, 0.15) is 6.92 Å². The molecule has 1 N–H and O–H groups in total. The normalized spacial score (nSPS) is 10.6. The highest BCUT2D eigenvalue weighted by Crippen LogP contribution is 2.19. The number of rotatable bonds is 5. The molecule has 0 aliphatic rings. The second-order valence-electron chi connectivity index (χ2n) is 4.41. The van der Waals surface area contributed by atoms with Gasteiger partial charge in [-0.25, -0.2) is 4.79 Å².